The van der Waals surface area contributed by atoms with E-state index in [9.17, 15) is 4.79 Å². The molecule has 2 rings (SSSR count). The summed E-state index contributed by atoms with van der Waals surface area (Å²) in [6, 6.07) is 0.0281. The van der Waals surface area contributed by atoms with Gasteiger partial charge >= 0.3 is 0 Å². The minimum atomic E-state index is 0.0281. The molecule has 2 aliphatic rings. The Bertz CT molecular complexity index is 231. The van der Waals surface area contributed by atoms with Crippen LogP contribution in [0.25, 0.3) is 0 Å². The molecule has 0 radical (unpaired) electrons. The van der Waals surface area contributed by atoms with Crippen molar-refractivity contribution in [2.75, 3.05) is 31.3 Å². The first-order valence-corrected chi connectivity index (χ1v) is 6.64. The number of amides is 1. The third kappa shape index (κ3) is 2.86. The molecule has 0 aromatic rings. The van der Waals surface area contributed by atoms with E-state index < -0.39 is 0 Å². The number of ether oxygens (including phenoxy) is 1. The fraction of sp³-hybridized carbons (Fsp3) is 0.900. The number of rotatable bonds is 1. The molecule has 5 heteroatoms. The van der Waals surface area contributed by atoms with Gasteiger partial charge in [0.05, 0.1) is 12.1 Å². The Morgan fingerprint density at radius 3 is 3.20 bits per heavy atom. The standard InChI is InChI=1S/C10H18N2O2S/c1-8-5-12(3-2-4-14-8)10(13)9-6-15-7-11-9/h8-9,11H,2-7H2,1H3/t8?,9-/m1/s1. The van der Waals surface area contributed by atoms with Crippen molar-refractivity contribution in [1.82, 2.24) is 10.2 Å². The van der Waals surface area contributed by atoms with Gasteiger partial charge in [0.15, 0.2) is 0 Å². The van der Waals surface area contributed by atoms with Crippen LogP contribution in [0, 0.1) is 0 Å². The second-order valence-corrected chi connectivity index (χ2v) is 5.12. The van der Waals surface area contributed by atoms with Gasteiger partial charge < -0.3 is 9.64 Å². The molecule has 2 heterocycles. The molecule has 0 aromatic carbocycles. The van der Waals surface area contributed by atoms with Gasteiger partial charge in [-0.3, -0.25) is 10.1 Å². The van der Waals surface area contributed by atoms with Gasteiger partial charge in [-0.15, -0.1) is 11.8 Å². The first kappa shape index (κ1) is 11.2. The largest absolute Gasteiger partial charge is 0.377 e. The summed E-state index contributed by atoms with van der Waals surface area (Å²) >= 11 is 1.79. The predicted octanol–water partition coefficient (Wildman–Crippen LogP) is 0.286. The van der Waals surface area contributed by atoms with E-state index in [0.717, 1.165) is 37.7 Å². The Kier molecular flexibility index (Phi) is 3.88. The quantitative estimate of drug-likeness (QED) is 0.703. The van der Waals surface area contributed by atoms with Gasteiger partial charge in [0, 0.05) is 31.3 Å². The molecule has 86 valence electrons. The summed E-state index contributed by atoms with van der Waals surface area (Å²) in [4.78, 5) is 14.0. The van der Waals surface area contributed by atoms with Crippen LogP contribution in [0.2, 0.25) is 0 Å². The Balaban J connectivity index is 1.92. The third-order valence-electron chi connectivity index (χ3n) is 2.78. The molecule has 0 aliphatic carbocycles. The van der Waals surface area contributed by atoms with Crippen molar-refractivity contribution in [1.29, 1.82) is 0 Å². The second-order valence-electron chi connectivity index (χ2n) is 4.09. The van der Waals surface area contributed by atoms with E-state index in [1.54, 1.807) is 11.8 Å². The predicted molar refractivity (Wildman–Crippen MR) is 60.9 cm³/mol. The van der Waals surface area contributed by atoms with Crippen LogP contribution in [0.3, 0.4) is 0 Å². The van der Waals surface area contributed by atoms with Gasteiger partial charge in [0.1, 0.15) is 0 Å². The highest BCUT2D eigenvalue weighted by atomic mass is 32.2. The smallest absolute Gasteiger partial charge is 0.240 e. The molecule has 2 fully saturated rings. The number of thioether (sulfide) groups is 1. The van der Waals surface area contributed by atoms with Crippen LogP contribution in [0.15, 0.2) is 0 Å². The van der Waals surface area contributed by atoms with Crippen LogP contribution in [0.1, 0.15) is 13.3 Å². The maximum absolute atomic E-state index is 12.1. The van der Waals surface area contributed by atoms with Gasteiger partial charge in [-0.25, -0.2) is 0 Å². The van der Waals surface area contributed by atoms with Gasteiger partial charge in [-0.2, -0.15) is 0 Å². The molecule has 2 aliphatic heterocycles. The van der Waals surface area contributed by atoms with E-state index in [-0.39, 0.29) is 18.1 Å². The summed E-state index contributed by atoms with van der Waals surface area (Å²) < 4.78 is 5.53. The lowest BCUT2D eigenvalue weighted by molar-refractivity contribution is -0.133. The van der Waals surface area contributed by atoms with Crippen molar-refractivity contribution >= 4 is 17.7 Å². The zero-order valence-electron chi connectivity index (χ0n) is 9.07. The van der Waals surface area contributed by atoms with Gasteiger partial charge in [-0.1, -0.05) is 0 Å². The summed E-state index contributed by atoms with van der Waals surface area (Å²) in [6.07, 6.45) is 1.13. The lowest BCUT2D eigenvalue weighted by Crippen LogP contribution is -2.46. The van der Waals surface area contributed by atoms with Gasteiger partial charge in [-0.05, 0) is 13.3 Å². The molecule has 0 bridgehead atoms. The molecule has 1 amide bonds. The van der Waals surface area contributed by atoms with Crippen LogP contribution in [-0.2, 0) is 9.53 Å². The van der Waals surface area contributed by atoms with E-state index in [4.69, 9.17) is 4.74 Å². The topological polar surface area (TPSA) is 41.6 Å². The lowest BCUT2D eigenvalue weighted by Gasteiger charge is -2.24. The summed E-state index contributed by atoms with van der Waals surface area (Å²) in [5.41, 5.74) is 0. The zero-order valence-corrected chi connectivity index (χ0v) is 9.89. The molecule has 0 saturated carbocycles. The highest BCUT2D eigenvalue weighted by molar-refractivity contribution is 7.99. The maximum atomic E-state index is 12.1. The molecule has 2 saturated heterocycles. The zero-order chi connectivity index (χ0) is 10.7. The molecule has 15 heavy (non-hydrogen) atoms. The summed E-state index contributed by atoms with van der Waals surface area (Å²) in [5.74, 6) is 2.05. The van der Waals surface area contributed by atoms with E-state index in [2.05, 4.69) is 5.32 Å². The normalized spacial score (nSPS) is 32.7. The average Bonchev–Trinajstić information content (AvgIpc) is 2.67. The van der Waals surface area contributed by atoms with Crippen molar-refractivity contribution in [3.8, 4) is 0 Å². The molecule has 1 unspecified atom stereocenters. The number of hydrogen-bond donors (Lipinski definition) is 1. The van der Waals surface area contributed by atoms with E-state index in [1.807, 2.05) is 11.8 Å². The average molecular weight is 230 g/mol. The minimum absolute atomic E-state index is 0.0281. The number of nitrogens with zero attached hydrogens (tertiary/aromatic N) is 1. The number of nitrogens with one attached hydrogen (secondary N) is 1. The van der Waals surface area contributed by atoms with Crippen LogP contribution >= 0.6 is 11.8 Å². The van der Waals surface area contributed by atoms with Crippen molar-refractivity contribution in [2.24, 2.45) is 0 Å². The molecule has 4 nitrogen and oxygen atoms in total. The summed E-state index contributed by atoms with van der Waals surface area (Å²) in [5, 5.41) is 3.22. The van der Waals surface area contributed by atoms with Gasteiger partial charge in [0.25, 0.3) is 0 Å². The Morgan fingerprint density at radius 1 is 1.60 bits per heavy atom. The molecule has 0 spiro atoms. The van der Waals surface area contributed by atoms with E-state index in [1.165, 1.54) is 0 Å². The Labute approximate surface area is 94.7 Å². The number of carbonyl (C=O) groups excluding carboxylic acids is 1. The fourth-order valence-electron chi connectivity index (χ4n) is 1.97. The monoisotopic (exact) mass is 230 g/mol. The third-order valence-corrected chi connectivity index (χ3v) is 3.72. The van der Waals surface area contributed by atoms with Crippen molar-refractivity contribution in [3.05, 3.63) is 0 Å². The second kappa shape index (κ2) is 5.18. The van der Waals surface area contributed by atoms with Crippen molar-refractivity contribution in [3.63, 3.8) is 0 Å². The highest BCUT2D eigenvalue weighted by Gasteiger charge is 2.28. The van der Waals surface area contributed by atoms with Crippen molar-refractivity contribution < 1.29 is 9.53 Å². The van der Waals surface area contributed by atoms with Crippen LogP contribution in [-0.4, -0.2) is 54.3 Å². The fourth-order valence-corrected chi connectivity index (χ4v) is 2.90. The number of hydrogen-bond acceptors (Lipinski definition) is 4. The van der Waals surface area contributed by atoms with Crippen molar-refractivity contribution in [2.45, 2.75) is 25.5 Å². The Hall–Kier alpha value is -0.260. The maximum Gasteiger partial charge on any atom is 0.240 e. The molecule has 0 aromatic heterocycles. The van der Waals surface area contributed by atoms with E-state index in [0.29, 0.717) is 0 Å². The van der Waals surface area contributed by atoms with E-state index >= 15 is 0 Å². The Morgan fingerprint density at radius 2 is 2.47 bits per heavy atom. The highest BCUT2D eigenvalue weighted by Crippen LogP contribution is 2.14. The van der Waals surface area contributed by atoms with Gasteiger partial charge in [0.2, 0.25) is 5.91 Å². The molecule has 2 atom stereocenters. The molecular formula is C10H18N2O2S. The first-order valence-electron chi connectivity index (χ1n) is 5.49. The number of carbonyl (C=O) groups is 1. The first-order chi connectivity index (χ1) is 7.27. The summed E-state index contributed by atoms with van der Waals surface area (Å²) in [7, 11) is 0. The molecule has 1 N–H and O–H groups in total. The minimum Gasteiger partial charge on any atom is -0.377 e. The summed E-state index contributed by atoms with van der Waals surface area (Å²) in [6.45, 7) is 4.38. The molecular weight excluding hydrogens is 212 g/mol. The van der Waals surface area contributed by atoms with Crippen LogP contribution in [0.4, 0.5) is 0 Å². The van der Waals surface area contributed by atoms with Crippen LogP contribution < -0.4 is 5.32 Å². The lowest BCUT2D eigenvalue weighted by atomic mass is 10.2. The van der Waals surface area contributed by atoms with Crippen LogP contribution in [0.5, 0.6) is 0 Å². The SMILES string of the molecule is CC1CN(C(=O)[C@H]2CSCN2)CCCO1.